The van der Waals surface area contributed by atoms with Crippen molar-refractivity contribution in [2.75, 3.05) is 0 Å². The molecule has 1 N–H and O–H groups in total. The molecule has 6 heteroatoms. The van der Waals surface area contributed by atoms with Crippen LogP contribution in [0.2, 0.25) is 0 Å². The number of pyridine rings is 2. The van der Waals surface area contributed by atoms with E-state index in [4.69, 9.17) is 4.52 Å². The average Bonchev–Trinajstić information content (AvgIpc) is 2.97. The van der Waals surface area contributed by atoms with Crippen LogP contribution in [0.25, 0.3) is 11.3 Å². The molecular formula is C19H20N4O2. The Bertz CT molecular complexity index is 839. The van der Waals surface area contributed by atoms with E-state index in [0.717, 1.165) is 33.8 Å². The number of hydrogen-bond acceptors (Lipinski definition) is 5. The summed E-state index contributed by atoms with van der Waals surface area (Å²) in [5, 5.41) is 6.87. The molecule has 0 radical (unpaired) electrons. The van der Waals surface area contributed by atoms with Gasteiger partial charge in [0.15, 0.2) is 0 Å². The molecule has 3 aromatic heterocycles. The van der Waals surface area contributed by atoms with Crippen molar-refractivity contribution >= 4 is 5.91 Å². The number of carbonyl (C=O) groups is 1. The first kappa shape index (κ1) is 16.8. The minimum Gasteiger partial charge on any atom is -0.361 e. The molecule has 1 amide bonds. The van der Waals surface area contributed by atoms with Gasteiger partial charge in [0.05, 0.1) is 11.4 Å². The lowest BCUT2D eigenvalue weighted by Crippen LogP contribution is -2.23. The van der Waals surface area contributed by atoms with Crippen molar-refractivity contribution in [3.63, 3.8) is 0 Å². The number of rotatable bonds is 6. The zero-order valence-electron chi connectivity index (χ0n) is 14.3. The summed E-state index contributed by atoms with van der Waals surface area (Å²) in [5.74, 6) is 0.761. The third-order valence-electron chi connectivity index (χ3n) is 4.09. The number of aryl methyl sites for hydroxylation is 2. The Labute approximate surface area is 146 Å². The first-order chi connectivity index (χ1) is 12.1. The summed E-state index contributed by atoms with van der Waals surface area (Å²) in [4.78, 5) is 20.7. The van der Waals surface area contributed by atoms with Crippen LogP contribution in [0.3, 0.4) is 0 Å². The van der Waals surface area contributed by atoms with E-state index in [9.17, 15) is 4.79 Å². The largest absolute Gasteiger partial charge is 0.361 e. The van der Waals surface area contributed by atoms with Gasteiger partial charge in [0, 0.05) is 42.7 Å². The standard InChI is InChI=1S/C19H20N4O2/c1-13-17(14(2)25-23-13)7-8-18(24)22-12-16-6-4-10-21-19(16)15-5-3-9-20-11-15/h3-6,9-11H,7-8,12H2,1-2H3,(H,22,24). The Hall–Kier alpha value is -3.02. The summed E-state index contributed by atoms with van der Waals surface area (Å²) >= 11 is 0. The van der Waals surface area contributed by atoms with Crippen LogP contribution in [0.1, 0.15) is 29.0 Å². The molecule has 3 heterocycles. The second kappa shape index (κ2) is 7.70. The lowest BCUT2D eigenvalue weighted by molar-refractivity contribution is -0.121. The molecule has 0 fully saturated rings. The van der Waals surface area contributed by atoms with E-state index >= 15 is 0 Å². The maximum Gasteiger partial charge on any atom is 0.220 e. The molecule has 0 aliphatic heterocycles. The number of carbonyl (C=O) groups excluding carboxylic acids is 1. The van der Waals surface area contributed by atoms with Gasteiger partial charge in [0.2, 0.25) is 5.91 Å². The maximum absolute atomic E-state index is 12.2. The Morgan fingerprint density at radius 1 is 1.20 bits per heavy atom. The quantitative estimate of drug-likeness (QED) is 0.748. The van der Waals surface area contributed by atoms with Crippen LogP contribution in [-0.4, -0.2) is 21.0 Å². The maximum atomic E-state index is 12.2. The van der Waals surface area contributed by atoms with E-state index in [0.29, 0.717) is 19.4 Å². The molecule has 0 aliphatic carbocycles. The summed E-state index contributed by atoms with van der Waals surface area (Å²) in [6.45, 7) is 4.18. The van der Waals surface area contributed by atoms with Crippen LogP contribution in [0.4, 0.5) is 0 Å². The first-order valence-corrected chi connectivity index (χ1v) is 8.18. The normalized spacial score (nSPS) is 10.6. The molecular weight excluding hydrogens is 316 g/mol. The lowest BCUT2D eigenvalue weighted by atomic mass is 10.1. The molecule has 0 spiro atoms. The summed E-state index contributed by atoms with van der Waals surface area (Å²) in [7, 11) is 0. The van der Waals surface area contributed by atoms with Crippen molar-refractivity contribution < 1.29 is 9.32 Å². The van der Waals surface area contributed by atoms with Crippen LogP contribution in [0.15, 0.2) is 47.4 Å². The number of hydrogen-bond donors (Lipinski definition) is 1. The van der Waals surface area contributed by atoms with Crippen molar-refractivity contribution in [3.05, 3.63) is 65.4 Å². The predicted molar refractivity (Wildman–Crippen MR) is 93.6 cm³/mol. The zero-order chi connectivity index (χ0) is 17.6. The minimum atomic E-state index is -0.0130. The fraction of sp³-hybridized carbons (Fsp3) is 0.263. The fourth-order valence-electron chi connectivity index (χ4n) is 2.72. The summed E-state index contributed by atoms with van der Waals surface area (Å²) in [6.07, 6.45) is 6.25. The van der Waals surface area contributed by atoms with Crippen molar-refractivity contribution in [3.8, 4) is 11.3 Å². The van der Waals surface area contributed by atoms with Crippen molar-refractivity contribution in [1.29, 1.82) is 0 Å². The van der Waals surface area contributed by atoms with Crippen LogP contribution in [-0.2, 0) is 17.8 Å². The van der Waals surface area contributed by atoms with E-state index in [2.05, 4.69) is 20.4 Å². The number of amides is 1. The van der Waals surface area contributed by atoms with Crippen molar-refractivity contribution in [1.82, 2.24) is 20.4 Å². The van der Waals surface area contributed by atoms with E-state index in [1.54, 1.807) is 18.6 Å². The van der Waals surface area contributed by atoms with Gasteiger partial charge in [0.1, 0.15) is 5.76 Å². The molecule has 0 bridgehead atoms. The van der Waals surface area contributed by atoms with Gasteiger partial charge in [-0.05, 0) is 44.0 Å². The molecule has 0 aliphatic rings. The van der Waals surface area contributed by atoms with E-state index < -0.39 is 0 Å². The highest BCUT2D eigenvalue weighted by molar-refractivity contribution is 5.76. The van der Waals surface area contributed by atoms with Gasteiger partial charge in [0.25, 0.3) is 0 Å². The second-order valence-electron chi connectivity index (χ2n) is 5.83. The SMILES string of the molecule is Cc1noc(C)c1CCC(=O)NCc1cccnc1-c1cccnc1. The third-order valence-corrected chi connectivity index (χ3v) is 4.09. The predicted octanol–water partition coefficient (Wildman–Crippen LogP) is 3.00. The molecule has 3 aromatic rings. The van der Waals surface area contributed by atoms with Gasteiger partial charge in [-0.25, -0.2) is 0 Å². The number of nitrogens with one attached hydrogen (secondary N) is 1. The summed E-state index contributed by atoms with van der Waals surface area (Å²) < 4.78 is 5.13. The Morgan fingerprint density at radius 2 is 2.04 bits per heavy atom. The monoisotopic (exact) mass is 336 g/mol. The highest BCUT2D eigenvalue weighted by Gasteiger charge is 2.12. The molecule has 0 saturated carbocycles. The van der Waals surface area contributed by atoms with E-state index in [-0.39, 0.29) is 5.91 Å². The summed E-state index contributed by atoms with van der Waals surface area (Å²) in [6, 6.07) is 7.66. The zero-order valence-corrected chi connectivity index (χ0v) is 14.3. The molecule has 128 valence electrons. The van der Waals surface area contributed by atoms with E-state index in [1.807, 2.05) is 38.1 Å². The Kier molecular flexibility index (Phi) is 5.18. The topological polar surface area (TPSA) is 80.9 Å². The second-order valence-corrected chi connectivity index (χ2v) is 5.83. The van der Waals surface area contributed by atoms with E-state index in [1.165, 1.54) is 0 Å². The smallest absolute Gasteiger partial charge is 0.220 e. The fourth-order valence-corrected chi connectivity index (χ4v) is 2.72. The minimum absolute atomic E-state index is 0.0130. The van der Waals surface area contributed by atoms with Crippen LogP contribution in [0.5, 0.6) is 0 Å². The molecule has 0 saturated heterocycles. The Balaban J connectivity index is 1.61. The lowest BCUT2D eigenvalue weighted by Gasteiger charge is -2.10. The molecule has 0 aromatic carbocycles. The molecule has 6 nitrogen and oxygen atoms in total. The Morgan fingerprint density at radius 3 is 2.76 bits per heavy atom. The molecule has 25 heavy (non-hydrogen) atoms. The van der Waals surface area contributed by atoms with Gasteiger partial charge >= 0.3 is 0 Å². The van der Waals surface area contributed by atoms with Gasteiger partial charge in [-0.1, -0.05) is 11.2 Å². The highest BCUT2D eigenvalue weighted by Crippen LogP contribution is 2.20. The highest BCUT2D eigenvalue weighted by atomic mass is 16.5. The molecule has 3 rings (SSSR count). The van der Waals surface area contributed by atoms with Gasteiger partial charge in [-0.2, -0.15) is 0 Å². The molecule has 0 unspecified atom stereocenters. The van der Waals surface area contributed by atoms with Gasteiger partial charge in [-0.15, -0.1) is 0 Å². The van der Waals surface area contributed by atoms with Gasteiger partial charge < -0.3 is 9.84 Å². The van der Waals surface area contributed by atoms with Gasteiger partial charge in [-0.3, -0.25) is 14.8 Å². The van der Waals surface area contributed by atoms with Crippen LogP contribution >= 0.6 is 0 Å². The van der Waals surface area contributed by atoms with Crippen LogP contribution in [0, 0.1) is 13.8 Å². The third kappa shape index (κ3) is 4.09. The number of nitrogens with zero attached hydrogens (tertiary/aromatic N) is 3. The van der Waals surface area contributed by atoms with Crippen molar-refractivity contribution in [2.24, 2.45) is 0 Å². The number of aromatic nitrogens is 3. The summed E-state index contributed by atoms with van der Waals surface area (Å²) in [5.41, 5.74) is 4.58. The van der Waals surface area contributed by atoms with Crippen molar-refractivity contribution in [2.45, 2.75) is 33.2 Å². The first-order valence-electron chi connectivity index (χ1n) is 8.18. The van der Waals surface area contributed by atoms with Crippen LogP contribution < -0.4 is 5.32 Å². The molecule has 0 atom stereocenters. The average molecular weight is 336 g/mol.